The largest absolute Gasteiger partial charge is 0.455 e. The van der Waals surface area contributed by atoms with E-state index in [9.17, 15) is 22.4 Å². The zero-order valence-corrected chi connectivity index (χ0v) is 16.6. The number of alkyl halides is 3. The van der Waals surface area contributed by atoms with E-state index in [1.807, 2.05) is 0 Å². The Hall–Kier alpha value is -2.77. The molecule has 0 aliphatic rings. The summed E-state index contributed by atoms with van der Waals surface area (Å²) in [5.74, 6) is -0.860. The molecule has 0 spiro atoms. The Balaban J connectivity index is 1.87. The predicted octanol–water partition coefficient (Wildman–Crippen LogP) is 7.12. The van der Waals surface area contributed by atoms with Crippen LogP contribution in [-0.2, 0) is 17.4 Å². The third-order valence-electron chi connectivity index (χ3n) is 3.98. The van der Waals surface area contributed by atoms with Crippen molar-refractivity contribution in [3.05, 3.63) is 87.7 Å². The average Bonchev–Trinajstić information content (AvgIpc) is 2.67. The van der Waals surface area contributed by atoms with Gasteiger partial charge in [-0.3, -0.25) is 4.79 Å². The second-order valence-electron chi connectivity index (χ2n) is 6.24. The highest BCUT2D eigenvalue weighted by Gasteiger charge is 2.31. The molecule has 0 aliphatic carbocycles. The molecule has 156 valence electrons. The van der Waals surface area contributed by atoms with E-state index in [1.54, 1.807) is 0 Å². The van der Waals surface area contributed by atoms with Gasteiger partial charge in [-0.15, -0.1) is 0 Å². The van der Waals surface area contributed by atoms with Crippen LogP contribution in [0.3, 0.4) is 0 Å². The SMILES string of the molecule is O=C(Cc1ccc(F)cc1)Nc1cc(C(F)(F)F)ccc1Oc1ccc(Cl)c(Cl)c1. The van der Waals surface area contributed by atoms with Crippen molar-refractivity contribution in [2.75, 3.05) is 5.32 Å². The highest BCUT2D eigenvalue weighted by molar-refractivity contribution is 6.42. The minimum atomic E-state index is -4.61. The molecule has 0 heterocycles. The van der Waals surface area contributed by atoms with Gasteiger partial charge in [0.1, 0.15) is 11.6 Å². The molecule has 0 atom stereocenters. The molecule has 0 saturated carbocycles. The number of ether oxygens (including phenoxy) is 1. The zero-order valence-electron chi connectivity index (χ0n) is 15.1. The number of hydrogen-bond donors (Lipinski definition) is 1. The van der Waals surface area contributed by atoms with Crippen LogP contribution >= 0.6 is 23.2 Å². The van der Waals surface area contributed by atoms with E-state index in [0.717, 1.165) is 18.2 Å². The maximum Gasteiger partial charge on any atom is 0.416 e. The highest BCUT2D eigenvalue weighted by Crippen LogP contribution is 2.38. The number of amides is 1. The average molecular weight is 458 g/mol. The van der Waals surface area contributed by atoms with E-state index in [1.165, 1.54) is 42.5 Å². The number of carbonyl (C=O) groups excluding carboxylic acids is 1. The molecule has 9 heteroatoms. The topological polar surface area (TPSA) is 38.3 Å². The molecule has 3 nitrogen and oxygen atoms in total. The summed E-state index contributed by atoms with van der Waals surface area (Å²) in [5, 5.41) is 2.89. The molecule has 3 aromatic rings. The maximum absolute atomic E-state index is 13.1. The van der Waals surface area contributed by atoms with Crippen LogP contribution in [0.15, 0.2) is 60.7 Å². The summed E-state index contributed by atoms with van der Waals surface area (Å²) in [5.41, 5.74) is -0.642. The smallest absolute Gasteiger partial charge is 0.416 e. The van der Waals surface area contributed by atoms with E-state index in [-0.39, 0.29) is 33.7 Å². The van der Waals surface area contributed by atoms with Gasteiger partial charge in [0.05, 0.1) is 27.7 Å². The Morgan fingerprint density at radius 3 is 2.27 bits per heavy atom. The molecule has 30 heavy (non-hydrogen) atoms. The number of carbonyl (C=O) groups is 1. The van der Waals surface area contributed by atoms with Crippen LogP contribution < -0.4 is 10.1 Å². The van der Waals surface area contributed by atoms with Crippen molar-refractivity contribution in [3.63, 3.8) is 0 Å². The van der Waals surface area contributed by atoms with Gasteiger partial charge in [0.25, 0.3) is 0 Å². The van der Waals surface area contributed by atoms with E-state index < -0.39 is 23.5 Å². The lowest BCUT2D eigenvalue weighted by Crippen LogP contribution is -2.16. The van der Waals surface area contributed by atoms with Crippen molar-refractivity contribution in [2.24, 2.45) is 0 Å². The van der Waals surface area contributed by atoms with Crippen LogP contribution in [0.25, 0.3) is 0 Å². The highest BCUT2D eigenvalue weighted by atomic mass is 35.5. The molecule has 3 rings (SSSR count). The summed E-state index contributed by atoms with van der Waals surface area (Å²) in [6.45, 7) is 0. The molecule has 0 fully saturated rings. The van der Waals surface area contributed by atoms with Crippen molar-refractivity contribution >= 4 is 34.8 Å². The van der Waals surface area contributed by atoms with Crippen LogP contribution in [0.2, 0.25) is 10.0 Å². The van der Waals surface area contributed by atoms with Gasteiger partial charge >= 0.3 is 6.18 Å². The normalized spacial score (nSPS) is 11.3. The fourth-order valence-electron chi connectivity index (χ4n) is 2.54. The molecule has 0 saturated heterocycles. The zero-order chi connectivity index (χ0) is 21.9. The minimum absolute atomic E-state index is 0.0196. The Bertz CT molecular complexity index is 1070. The van der Waals surface area contributed by atoms with Crippen molar-refractivity contribution in [3.8, 4) is 11.5 Å². The van der Waals surface area contributed by atoms with Crippen LogP contribution in [0.1, 0.15) is 11.1 Å². The van der Waals surface area contributed by atoms with Crippen molar-refractivity contribution < 1.29 is 27.1 Å². The summed E-state index contributed by atoms with van der Waals surface area (Å²) >= 11 is 11.8. The van der Waals surface area contributed by atoms with Gasteiger partial charge in [0.2, 0.25) is 5.91 Å². The summed E-state index contributed by atoms with van der Waals surface area (Å²) < 4.78 is 58.0. The molecule has 3 aromatic carbocycles. The van der Waals surface area contributed by atoms with Crippen LogP contribution in [-0.4, -0.2) is 5.91 Å². The number of nitrogens with one attached hydrogen (secondary N) is 1. The number of rotatable bonds is 5. The number of halogens is 6. The number of benzene rings is 3. The van der Waals surface area contributed by atoms with Gasteiger partial charge in [-0.05, 0) is 48.0 Å². The summed E-state index contributed by atoms with van der Waals surface area (Å²) in [4.78, 5) is 12.4. The lowest BCUT2D eigenvalue weighted by atomic mass is 10.1. The molecular weight excluding hydrogens is 445 g/mol. The fourth-order valence-corrected chi connectivity index (χ4v) is 2.83. The molecule has 0 bridgehead atoms. The first-order valence-corrected chi connectivity index (χ1v) is 9.26. The molecule has 0 aliphatic heterocycles. The van der Waals surface area contributed by atoms with Gasteiger partial charge in [0.15, 0.2) is 5.75 Å². The molecule has 0 unspecified atom stereocenters. The van der Waals surface area contributed by atoms with Gasteiger partial charge < -0.3 is 10.1 Å². The Kier molecular flexibility index (Phi) is 6.53. The second kappa shape index (κ2) is 8.93. The first-order chi connectivity index (χ1) is 14.1. The Labute approximate surface area is 179 Å². The molecule has 0 radical (unpaired) electrons. The fraction of sp³-hybridized carbons (Fsp3) is 0.0952. The molecule has 1 amide bonds. The van der Waals surface area contributed by atoms with Crippen molar-refractivity contribution in [2.45, 2.75) is 12.6 Å². The lowest BCUT2D eigenvalue weighted by Gasteiger charge is -2.15. The molecular formula is C21H13Cl2F4NO2. The van der Waals surface area contributed by atoms with E-state index in [2.05, 4.69) is 5.32 Å². The monoisotopic (exact) mass is 457 g/mol. The first-order valence-electron chi connectivity index (χ1n) is 8.50. The van der Waals surface area contributed by atoms with Gasteiger partial charge in [-0.1, -0.05) is 35.3 Å². The van der Waals surface area contributed by atoms with Crippen molar-refractivity contribution in [1.82, 2.24) is 0 Å². The third kappa shape index (κ3) is 5.64. The Morgan fingerprint density at radius 2 is 1.63 bits per heavy atom. The summed E-state index contributed by atoms with van der Waals surface area (Å²) in [6, 6.07) is 12.2. The van der Waals surface area contributed by atoms with E-state index in [0.29, 0.717) is 5.56 Å². The van der Waals surface area contributed by atoms with Crippen LogP contribution in [0.5, 0.6) is 11.5 Å². The third-order valence-corrected chi connectivity index (χ3v) is 4.72. The summed E-state index contributed by atoms with van der Waals surface area (Å²) in [7, 11) is 0. The van der Waals surface area contributed by atoms with Gasteiger partial charge in [0, 0.05) is 6.07 Å². The molecule has 1 N–H and O–H groups in total. The van der Waals surface area contributed by atoms with Crippen LogP contribution in [0, 0.1) is 5.82 Å². The quantitative estimate of drug-likeness (QED) is 0.414. The second-order valence-corrected chi connectivity index (χ2v) is 7.05. The maximum atomic E-state index is 13.1. The molecule has 0 aromatic heterocycles. The van der Waals surface area contributed by atoms with Crippen molar-refractivity contribution in [1.29, 1.82) is 0 Å². The predicted molar refractivity (Wildman–Crippen MR) is 107 cm³/mol. The van der Waals surface area contributed by atoms with Gasteiger partial charge in [-0.25, -0.2) is 4.39 Å². The van der Waals surface area contributed by atoms with Gasteiger partial charge in [-0.2, -0.15) is 13.2 Å². The lowest BCUT2D eigenvalue weighted by molar-refractivity contribution is -0.137. The minimum Gasteiger partial charge on any atom is -0.455 e. The Morgan fingerprint density at radius 1 is 0.933 bits per heavy atom. The van der Waals surface area contributed by atoms with E-state index in [4.69, 9.17) is 27.9 Å². The standard InChI is InChI=1S/C21H13Cl2F4NO2/c22-16-7-6-15(11-17(16)23)30-19-8-3-13(21(25,26)27)10-18(19)28-20(29)9-12-1-4-14(24)5-2-12/h1-8,10-11H,9H2,(H,28,29). The van der Waals surface area contributed by atoms with E-state index >= 15 is 0 Å². The van der Waals surface area contributed by atoms with Crippen LogP contribution in [0.4, 0.5) is 23.2 Å². The first kappa shape index (κ1) is 21.9. The number of anilines is 1. The number of hydrogen-bond acceptors (Lipinski definition) is 2. The summed E-state index contributed by atoms with van der Waals surface area (Å²) in [6.07, 6.45) is -4.78.